The van der Waals surface area contributed by atoms with Gasteiger partial charge in [0.25, 0.3) is 5.91 Å². The summed E-state index contributed by atoms with van der Waals surface area (Å²) in [6.45, 7) is 1.12. The molecular weight excluding hydrogens is 471 g/mol. The van der Waals surface area contributed by atoms with Gasteiger partial charge in [-0.05, 0) is 36.8 Å². The van der Waals surface area contributed by atoms with Crippen LogP contribution in [0.15, 0.2) is 49.1 Å². The van der Waals surface area contributed by atoms with Crippen LogP contribution < -0.4 is 14.4 Å². The molecule has 4 rings (SSSR count). The van der Waals surface area contributed by atoms with Gasteiger partial charge in [0.1, 0.15) is 17.0 Å². The third-order valence-electron chi connectivity index (χ3n) is 4.89. The van der Waals surface area contributed by atoms with Crippen LogP contribution in [-0.4, -0.2) is 41.2 Å². The number of hydrogen-bond donors (Lipinski definition) is 0. The maximum Gasteiger partial charge on any atom is 0.263 e. The minimum absolute atomic E-state index is 0.260. The fourth-order valence-corrected chi connectivity index (χ4v) is 4.78. The molecule has 0 unspecified atom stereocenters. The number of carbonyl (C=O) groups excluding carboxylic acids is 1. The van der Waals surface area contributed by atoms with Crippen molar-refractivity contribution in [3.63, 3.8) is 0 Å². The van der Waals surface area contributed by atoms with Crippen LogP contribution in [0.5, 0.6) is 11.5 Å². The van der Waals surface area contributed by atoms with E-state index in [9.17, 15) is 4.79 Å². The number of aromatic nitrogens is 3. The number of thiazole rings is 1. The summed E-state index contributed by atoms with van der Waals surface area (Å²) in [6.07, 6.45) is 6.04. The van der Waals surface area contributed by atoms with Gasteiger partial charge in [-0.2, -0.15) is 0 Å². The maximum absolute atomic E-state index is 13.7. The lowest BCUT2D eigenvalue weighted by molar-refractivity contribution is 0.0983. The highest BCUT2D eigenvalue weighted by Gasteiger charge is 2.25. The van der Waals surface area contributed by atoms with Crippen molar-refractivity contribution in [3.05, 3.63) is 64.7 Å². The molecule has 0 aliphatic carbocycles. The average Bonchev–Trinajstić information content (AvgIpc) is 3.47. The van der Waals surface area contributed by atoms with Gasteiger partial charge < -0.3 is 14.0 Å². The van der Waals surface area contributed by atoms with Crippen molar-refractivity contribution < 1.29 is 14.3 Å². The Morgan fingerprint density at radius 2 is 1.94 bits per heavy atom. The molecule has 0 spiro atoms. The SMILES string of the molecule is COc1ccc(Cl)cc1C(=O)N(CCCn1ccnc1)c1nc2c(OC)ccc(Cl)c2s1. The molecule has 10 heteroatoms. The number of hydrogen-bond acceptors (Lipinski definition) is 6. The summed E-state index contributed by atoms with van der Waals surface area (Å²) in [5.74, 6) is 0.776. The topological polar surface area (TPSA) is 69.5 Å². The van der Waals surface area contributed by atoms with Gasteiger partial charge in [-0.3, -0.25) is 9.69 Å². The Labute approximate surface area is 199 Å². The predicted octanol–water partition coefficient (Wildman–Crippen LogP) is 5.55. The number of carbonyl (C=O) groups is 1. The number of anilines is 1. The summed E-state index contributed by atoms with van der Waals surface area (Å²) in [6, 6.07) is 8.49. The first-order valence-electron chi connectivity index (χ1n) is 9.76. The second-order valence-corrected chi connectivity index (χ2v) is 8.70. The lowest BCUT2D eigenvalue weighted by atomic mass is 10.1. The molecule has 166 valence electrons. The molecule has 7 nitrogen and oxygen atoms in total. The van der Waals surface area contributed by atoms with E-state index < -0.39 is 0 Å². The van der Waals surface area contributed by atoms with Crippen molar-refractivity contribution in [1.82, 2.24) is 14.5 Å². The van der Waals surface area contributed by atoms with Crippen LogP contribution in [0, 0.1) is 0 Å². The Kier molecular flexibility index (Phi) is 6.83. The number of methoxy groups -OCH3 is 2. The van der Waals surface area contributed by atoms with Crippen LogP contribution in [-0.2, 0) is 6.54 Å². The van der Waals surface area contributed by atoms with Crippen LogP contribution >= 0.6 is 34.5 Å². The van der Waals surface area contributed by atoms with Crippen molar-refractivity contribution in [3.8, 4) is 11.5 Å². The molecule has 4 aromatic rings. The second kappa shape index (κ2) is 9.77. The van der Waals surface area contributed by atoms with Crippen LogP contribution in [0.1, 0.15) is 16.8 Å². The van der Waals surface area contributed by atoms with Gasteiger partial charge in [-0.25, -0.2) is 9.97 Å². The first-order valence-corrected chi connectivity index (χ1v) is 11.3. The van der Waals surface area contributed by atoms with Crippen molar-refractivity contribution in [2.24, 2.45) is 0 Å². The second-order valence-electron chi connectivity index (χ2n) is 6.88. The molecule has 32 heavy (non-hydrogen) atoms. The molecule has 2 aromatic carbocycles. The van der Waals surface area contributed by atoms with E-state index >= 15 is 0 Å². The Bertz CT molecular complexity index is 1240. The number of nitrogens with zero attached hydrogens (tertiary/aromatic N) is 4. The lowest BCUT2D eigenvalue weighted by Crippen LogP contribution is -2.32. The van der Waals surface area contributed by atoms with Crippen molar-refractivity contribution in [2.75, 3.05) is 25.7 Å². The zero-order chi connectivity index (χ0) is 22.7. The van der Waals surface area contributed by atoms with E-state index in [-0.39, 0.29) is 5.91 Å². The van der Waals surface area contributed by atoms with E-state index in [1.807, 2.05) is 10.8 Å². The average molecular weight is 491 g/mol. The fraction of sp³-hybridized carbons (Fsp3) is 0.227. The number of imidazole rings is 1. The van der Waals surface area contributed by atoms with E-state index in [4.69, 9.17) is 37.7 Å². The van der Waals surface area contributed by atoms with Crippen molar-refractivity contribution >= 4 is 55.8 Å². The maximum atomic E-state index is 13.7. The molecule has 1 amide bonds. The number of fused-ring (bicyclic) bond motifs is 1. The van der Waals surface area contributed by atoms with Crippen LogP contribution in [0.3, 0.4) is 0 Å². The number of amides is 1. The third-order valence-corrected chi connectivity index (χ3v) is 6.67. The first kappa shape index (κ1) is 22.4. The van der Waals surface area contributed by atoms with Gasteiger partial charge in [0.15, 0.2) is 5.13 Å². The predicted molar refractivity (Wildman–Crippen MR) is 128 cm³/mol. The Hall–Kier alpha value is -2.81. The van der Waals surface area contributed by atoms with Crippen LogP contribution in [0.2, 0.25) is 10.0 Å². The van der Waals surface area contributed by atoms with Gasteiger partial charge in [0.05, 0.1) is 35.8 Å². The molecule has 2 aromatic heterocycles. The largest absolute Gasteiger partial charge is 0.496 e. The Morgan fingerprint density at radius 1 is 1.16 bits per heavy atom. The summed E-state index contributed by atoms with van der Waals surface area (Å²) < 4.78 is 13.6. The highest BCUT2D eigenvalue weighted by atomic mass is 35.5. The van der Waals surface area contributed by atoms with Gasteiger partial charge in [-0.15, -0.1) is 0 Å². The lowest BCUT2D eigenvalue weighted by Gasteiger charge is -2.21. The van der Waals surface area contributed by atoms with Crippen molar-refractivity contribution in [2.45, 2.75) is 13.0 Å². The fourth-order valence-electron chi connectivity index (χ4n) is 3.33. The number of halogens is 2. The zero-order valence-electron chi connectivity index (χ0n) is 17.4. The quantitative estimate of drug-likeness (QED) is 0.323. The number of ether oxygens (including phenoxy) is 2. The standard InChI is InChI=1S/C22H20Cl2N4O3S/c1-30-17-6-4-14(23)12-15(17)21(29)28(10-3-9-27-11-8-25-13-27)22-26-19-18(31-2)7-5-16(24)20(19)32-22/h4-8,11-13H,3,9-10H2,1-2H3. The molecule has 0 saturated carbocycles. The molecule has 2 heterocycles. The Morgan fingerprint density at radius 3 is 2.66 bits per heavy atom. The van der Waals surface area contributed by atoms with E-state index in [1.165, 1.54) is 18.4 Å². The van der Waals surface area contributed by atoms with Gasteiger partial charge in [0, 0.05) is 30.5 Å². The normalized spacial score (nSPS) is 11.0. The Balaban J connectivity index is 1.74. The summed E-state index contributed by atoms with van der Waals surface area (Å²) in [5.41, 5.74) is 0.977. The highest BCUT2D eigenvalue weighted by Crippen LogP contribution is 2.39. The minimum Gasteiger partial charge on any atom is -0.496 e. The van der Waals surface area contributed by atoms with Crippen molar-refractivity contribution in [1.29, 1.82) is 0 Å². The molecule has 0 atom stereocenters. The third kappa shape index (κ3) is 4.53. The monoisotopic (exact) mass is 490 g/mol. The minimum atomic E-state index is -0.260. The molecule has 0 aliphatic rings. The van der Waals surface area contributed by atoms with E-state index in [0.29, 0.717) is 57.3 Å². The summed E-state index contributed by atoms with van der Waals surface area (Å²) in [7, 11) is 3.10. The van der Waals surface area contributed by atoms with Gasteiger partial charge in [-0.1, -0.05) is 34.5 Å². The smallest absolute Gasteiger partial charge is 0.263 e. The molecule has 0 aliphatic heterocycles. The molecule has 0 bridgehead atoms. The van der Waals surface area contributed by atoms with Gasteiger partial charge >= 0.3 is 0 Å². The molecular formula is C22H20Cl2N4O3S. The van der Waals surface area contributed by atoms with Crippen LogP contribution in [0.4, 0.5) is 5.13 Å². The van der Waals surface area contributed by atoms with E-state index in [2.05, 4.69) is 4.98 Å². The summed E-state index contributed by atoms with van der Waals surface area (Å²) in [4.78, 5) is 24.1. The van der Waals surface area contributed by atoms with E-state index in [1.54, 1.807) is 54.9 Å². The molecule has 0 saturated heterocycles. The summed E-state index contributed by atoms with van der Waals surface area (Å²) in [5, 5.41) is 1.52. The highest BCUT2D eigenvalue weighted by molar-refractivity contribution is 7.23. The number of aryl methyl sites for hydroxylation is 1. The van der Waals surface area contributed by atoms with E-state index in [0.717, 1.165) is 4.70 Å². The van der Waals surface area contributed by atoms with Gasteiger partial charge in [0.2, 0.25) is 0 Å². The zero-order valence-corrected chi connectivity index (χ0v) is 19.7. The molecule has 0 radical (unpaired) electrons. The number of benzene rings is 2. The molecule has 0 fully saturated rings. The van der Waals surface area contributed by atoms with Crippen LogP contribution in [0.25, 0.3) is 10.2 Å². The number of rotatable bonds is 8. The summed E-state index contributed by atoms with van der Waals surface area (Å²) >= 11 is 13.9. The molecule has 0 N–H and O–H groups in total. The first-order chi connectivity index (χ1) is 15.5.